The molecule has 0 aliphatic carbocycles. The third-order valence-corrected chi connectivity index (χ3v) is 5.43. The predicted octanol–water partition coefficient (Wildman–Crippen LogP) is 3.99. The Balaban J connectivity index is 1.80. The van der Waals surface area contributed by atoms with Crippen LogP contribution in [-0.4, -0.2) is 42.3 Å². The minimum Gasteiger partial charge on any atom is -0.444 e. The number of carbonyl (C=O) groups is 1. The van der Waals surface area contributed by atoms with Gasteiger partial charge in [0, 0.05) is 48.9 Å². The normalized spacial score (nSPS) is 26.2. The Morgan fingerprint density at radius 2 is 1.65 bits per heavy atom. The van der Waals surface area contributed by atoms with Crippen LogP contribution in [0.15, 0.2) is 24.3 Å². The summed E-state index contributed by atoms with van der Waals surface area (Å²) < 4.78 is 5.59. The first-order valence-corrected chi connectivity index (χ1v) is 9.56. The molecule has 2 fully saturated rings. The summed E-state index contributed by atoms with van der Waals surface area (Å²) in [7, 11) is 0. The molecule has 3 atom stereocenters. The molecule has 1 amide bonds. The number of nitrogens with two attached hydrogens (primary N) is 1. The van der Waals surface area contributed by atoms with Crippen LogP contribution in [0.2, 0.25) is 0 Å². The quantitative estimate of drug-likeness (QED) is 0.770. The van der Waals surface area contributed by atoms with Gasteiger partial charge in [-0.15, -0.1) is 0 Å². The van der Waals surface area contributed by atoms with E-state index >= 15 is 0 Å². The van der Waals surface area contributed by atoms with Crippen molar-refractivity contribution >= 4 is 17.5 Å². The smallest absolute Gasteiger partial charge is 0.410 e. The van der Waals surface area contributed by atoms with Gasteiger partial charge in [0.05, 0.1) is 0 Å². The minimum absolute atomic E-state index is 0.116. The van der Waals surface area contributed by atoms with Crippen LogP contribution >= 0.6 is 0 Å². The van der Waals surface area contributed by atoms with E-state index in [1.807, 2.05) is 37.8 Å². The molecule has 2 heterocycles. The van der Waals surface area contributed by atoms with Crippen molar-refractivity contribution in [1.82, 2.24) is 4.90 Å². The number of likely N-dealkylation sites (tertiary alicyclic amines) is 1. The second-order valence-electron chi connectivity index (χ2n) is 9.86. The van der Waals surface area contributed by atoms with Crippen LogP contribution < -0.4 is 10.6 Å². The number of hydrogen-bond acceptors (Lipinski definition) is 4. The number of ether oxygens (including phenoxy) is 1. The number of benzene rings is 1. The molecule has 0 aromatic heterocycles. The maximum Gasteiger partial charge on any atom is 0.410 e. The van der Waals surface area contributed by atoms with Crippen LogP contribution in [0.25, 0.3) is 0 Å². The predicted molar refractivity (Wildman–Crippen MR) is 106 cm³/mol. The van der Waals surface area contributed by atoms with E-state index in [4.69, 9.17) is 10.5 Å². The van der Waals surface area contributed by atoms with Gasteiger partial charge in [0.2, 0.25) is 0 Å². The summed E-state index contributed by atoms with van der Waals surface area (Å²) in [6, 6.07) is 8.54. The molecule has 0 spiro atoms. The van der Waals surface area contributed by atoms with Crippen molar-refractivity contribution in [2.45, 2.75) is 53.2 Å². The molecule has 5 heteroatoms. The van der Waals surface area contributed by atoms with E-state index in [0.717, 1.165) is 25.3 Å². The summed E-state index contributed by atoms with van der Waals surface area (Å²) in [5.41, 5.74) is 7.54. The van der Waals surface area contributed by atoms with Gasteiger partial charge in [0.15, 0.2) is 0 Å². The van der Waals surface area contributed by atoms with Crippen LogP contribution in [0, 0.1) is 17.3 Å². The molecule has 144 valence electrons. The zero-order valence-corrected chi connectivity index (χ0v) is 17.0. The highest BCUT2D eigenvalue weighted by Crippen LogP contribution is 2.46. The summed E-state index contributed by atoms with van der Waals surface area (Å²) in [5, 5.41) is 0. The van der Waals surface area contributed by atoms with Crippen LogP contribution in [0.1, 0.15) is 41.5 Å². The number of amides is 1. The van der Waals surface area contributed by atoms with Crippen molar-refractivity contribution in [2.24, 2.45) is 17.3 Å². The lowest BCUT2D eigenvalue weighted by atomic mass is 9.77. The van der Waals surface area contributed by atoms with Gasteiger partial charge >= 0.3 is 6.09 Å². The van der Waals surface area contributed by atoms with E-state index in [2.05, 4.69) is 37.8 Å². The zero-order valence-electron chi connectivity index (χ0n) is 17.0. The molecular weight excluding hydrogens is 326 g/mol. The van der Waals surface area contributed by atoms with Crippen LogP contribution in [0.5, 0.6) is 0 Å². The molecule has 0 radical (unpaired) electrons. The number of rotatable bonds is 1. The van der Waals surface area contributed by atoms with Crippen LogP contribution in [-0.2, 0) is 4.74 Å². The van der Waals surface area contributed by atoms with Crippen molar-refractivity contribution in [3.63, 3.8) is 0 Å². The first kappa shape index (κ1) is 18.9. The van der Waals surface area contributed by atoms with Crippen molar-refractivity contribution in [3.8, 4) is 0 Å². The van der Waals surface area contributed by atoms with E-state index < -0.39 is 5.60 Å². The molecule has 5 nitrogen and oxygen atoms in total. The first-order chi connectivity index (χ1) is 12.0. The molecule has 1 aromatic carbocycles. The average molecular weight is 360 g/mol. The molecular formula is C21H33N3O2. The second kappa shape index (κ2) is 6.36. The van der Waals surface area contributed by atoms with Gasteiger partial charge in [-0.3, -0.25) is 0 Å². The standard InChI is InChI=1S/C21H33N3O2/c1-20(2,3)18-17-13-23(19(25)26-21(4,5)6)11-14(17)12-24(18)16-9-7-15(22)8-10-16/h7-10,14,17-18H,11-13,22H2,1-6H3/t14-,17+,18?/m0/s1. The molecule has 2 aliphatic heterocycles. The monoisotopic (exact) mass is 359 g/mol. The second-order valence-corrected chi connectivity index (χ2v) is 9.86. The Bertz CT molecular complexity index is 657. The minimum atomic E-state index is -0.450. The lowest BCUT2D eigenvalue weighted by Gasteiger charge is -2.40. The average Bonchev–Trinajstić information content (AvgIpc) is 3.02. The van der Waals surface area contributed by atoms with Crippen molar-refractivity contribution in [3.05, 3.63) is 24.3 Å². The molecule has 3 rings (SSSR count). The fourth-order valence-electron chi connectivity index (χ4n) is 4.56. The summed E-state index contributed by atoms with van der Waals surface area (Å²) in [5.74, 6) is 0.935. The summed E-state index contributed by atoms with van der Waals surface area (Å²) in [6.45, 7) is 15.1. The van der Waals surface area contributed by atoms with Crippen molar-refractivity contribution < 1.29 is 9.53 Å². The fraction of sp³-hybridized carbons (Fsp3) is 0.667. The van der Waals surface area contributed by atoms with E-state index in [9.17, 15) is 4.79 Å². The van der Waals surface area contributed by atoms with Gasteiger partial charge in [0.25, 0.3) is 0 Å². The Kier molecular flexibility index (Phi) is 4.62. The molecule has 0 bridgehead atoms. The SMILES string of the molecule is CC(C)(C)OC(=O)N1C[C@H]2CN(c3ccc(N)cc3)C(C(C)(C)C)[C@@H]2C1. The maximum atomic E-state index is 12.5. The number of hydrogen-bond donors (Lipinski definition) is 1. The topological polar surface area (TPSA) is 58.8 Å². The fourth-order valence-corrected chi connectivity index (χ4v) is 4.56. The third-order valence-electron chi connectivity index (χ3n) is 5.43. The lowest BCUT2D eigenvalue weighted by molar-refractivity contribution is 0.0276. The highest BCUT2D eigenvalue weighted by Gasteiger charge is 2.52. The highest BCUT2D eigenvalue weighted by molar-refractivity contribution is 5.69. The van der Waals surface area contributed by atoms with Gasteiger partial charge in [-0.2, -0.15) is 0 Å². The van der Waals surface area contributed by atoms with E-state index in [-0.39, 0.29) is 11.5 Å². The Labute approximate surface area is 157 Å². The van der Waals surface area contributed by atoms with Gasteiger partial charge < -0.3 is 20.3 Å². The Morgan fingerprint density at radius 3 is 2.19 bits per heavy atom. The molecule has 1 unspecified atom stereocenters. The summed E-state index contributed by atoms with van der Waals surface area (Å²) >= 11 is 0. The largest absolute Gasteiger partial charge is 0.444 e. The van der Waals surface area contributed by atoms with Gasteiger partial charge in [0.1, 0.15) is 5.60 Å². The summed E-state index contributed by atoms with van der Waals surface area (Å²) in [6.07, 6.45) is -0.182. The Hall–Kier alpha value is -1.91. The number of nitrogen functional groups attached to an aromatic ring is 1. The molecule has 2 aliphatic rings. The molecule has 1 aromatic rings. The van der Waals surface area contributed by atoms with E-state index in [0.29, 0.717) is 17.9 Å². The van der Waals surface area contributed by atoms with Gasteiger partial charge in [-0.1, -0.05) is 20.8 Å². The van der Waals surface area contributed by atoms with Crippen LogP contribution in [0.3, 0.4) is 0 Å². The van der Waals surface area contributed by atoms with Gasteiger partial charge in [-0.05, 0) is 50.5 Å². The zero-order chi connectivity index (χ0) is 19.3. The highest BCUT2D eigenvalue weighted by atomic mass is 16.6. The Morgan fingerprint density at radius 1 is 1.04 bits per heavy atom. The summed E-state index contributed by atoms with van der Waals surface area (Å²) in [4.78, 5) is 16.9. The lowest BCUT2D eigenvalue weighted by Crippen LogP contribution is -2.46. The maximum absolute atomic E-state index is 12.5. The van der Waals surface area contributed by atoms with Crippen molar-refractivity contribution in [1.29, 1.82) is 0 Å². The van der Waals surface area contributed by atoms with E-state index in [1.54, 1.807) is 0 Å². The van der Waals surface area contributed by atoms with Crippen molar-refractivity contribution in [2.75, 3.05) is 30.3 Å². The number of carbonyl (C=O) groups excluding carboxylic acids is 1. The number of fused-ring (bicyclic) bond motifs is 1. The molecule has 0 saturated carbocycles. The number of anilines is 2. The molecule has 2 N–H and O–H groups in total. The molecule has 26 heavy (non-hydrogen) atoms. The van der Waals surface area contributed by atoms with E-state index in [1.165, 1.54) is 5.69 Å². The number of nitrogens with zero attached hydrogens (tertiary/aromatic N) is 2. The molecule has 2 saturated heterocycles. The first-order valence-electron chi connectivity index (χ1n) is 9.56. The third kappa shape index (κ3) is 3.76. The van der Waals surface area contributed by atoms with Gasteiger partial charge in [-0.25, -0.2) is 4.79 Å². The van der Waals surface area contributed by atoms with Crippen LogP contribution in [0.4, 0.5) is 16.2 Å².